The Balaban J connectivity index is 1.54. The summed E-state index contributed by atoms with van der Waals surface area (Å²) in [5, 5.41) is 6.91. The van der Waals surface area contributed by atoms with Crippen LogP contribution >= 0.6 is 0 Å². The first-order chi connectivity index (χ1) is 24.4. The Hall–Kier alpha value is -3.27. The molecule has 4 rings (SSSR count). The predicted octanol–water partition coefficient (Wildman–Crippen LogP) is 7.20. The largest absolute Gasteiger partial charge is 0.332 e. The lowest BCUT2D eigenvalue weighted by atomic mass is 9.84. The van der Waals surface area contributed by atoms with Crippen LogP contribution in [0.2, 0.25) is 0 Å². The molecule has 2 heterocycles. The van der Waals surface area contributed by atoms with Gasteiger partial charge in [-0.3, -0.25) is 10.2 Å². The van der Waals surface area contributed by atoms with Crippen LogP contribution < -0.4 is 25.4 Å². The first-order valence-corrected chi connectivity index (χ1v) is 21.6. The van der Waals surface area contributed by atoms with E-state index in [9.17, 15) is 26.4 Å². The summed E-state index contributed by atoms with van der Waals surface area (Å²) >= 11 is 0. The Morgan fingerprint density at radius 1 is 0.769 bits per heavy atom. The van der Waals surface area contributed by atoms with E-state index in [-0.39, 0.29) is 23.7 Å². The maximum absolute atomic E-state index is 15.1. The summed E-state index contributed by atoms with van der Waals surface area (Å²) in [7, 11) is -6.19. The van der Waals surface area contributed by atoms with Crippen LogP contribution in [0.25, 0.3) is 0 Å². The molecule has 0 radical (unpaired) electrons. The smallest absolute Gasteiger partial charge is 0.307 e. The van der Waals surface area contributed by atoms with Crippen molar-refractivity contribution in [2.24, 2.45) is 0 Å². The fourth-order valence-electron chi connectivity index (χ4n) is 7.27. The van der Waals surface area contributed by atoms with E-state index in [4.69, 9.17) is 0 Å². The number of nitrogens with zero attached hydrogens (tertiary/aromatic N) is 1. The lowest BCUT2D eigenvalue weighted by Crippen LogP contribution is -2.49. The van der Waals surface area contributed by atoms with Gasteiger partial charge < -0.3 is 10.6 Å². The highest BCUT2D eigenvalue weighted by Gasteiger charge is 2.34. The molecule has 2 aliphatic rings. The summed E-state index contributed by atoms with van der Waals surface area (Å²) in [6.07, 6.45) is 5.29. The molecular weight excluding hydrogens is 708 g/mol. The number of carbonyl (C=O) groups is 2. The maximum atomic E-state index is 15.1. The SMILES string of the molecule is CC(C)c1cc(F)cc(C(C)CCC(C)c2cccc(C(C)C)c2NC(=O)NS(=O)(=O)C2CCCCN2C)c1NC(=O)NS(=O)(=O)C1CCCCN1. The molecule has 0 spiro atoms. The number of nitrogens with one attached hydrogen (secondary N) is 5. The fraction of sp³-hybridized carbons (Fsp3) is 0.622. The fourth-order valence-corrected chi connectivity index (χ4v) is 10.0. The number of hydrogen-bond donors (Lipinski definition) is 5. The highest BCUT2D eigenvalue weighted by molar-refractivity contribution is 7.90. The van der Waals surface area contributed by atoms with Crippen LogP contribution in [0, 0.1) is 5.82 Å². The first-order valence-electron chi connectivity index (χ1n) is 18.5. The van der Waals surface area contributed by atoms with Gasteiger partial charge in [-0.2, -0.15) is 0 Å². The van der Waals surface area contributed by atoms with E-state index in [0.717, 1.165) is 36.8 Å². The number of anilines is 2. The molecule has 0 saturated carbocycles. The van der Waals surface area contributed by atoms with E-state index in [1.165, 1.54) is 12.1 Å². The average Bonchev–Trinajstić information content (AvgIpc) is 3.07. The molecule has 2 aromatic rings. The molecule has 4 atom stereocenters. The zero-order chi connectivity index (χ0) is 38.4. The Morgan fingerprint density at radius 2 is 1.31 bits per heavy atom. The van der Waals surface area contributed by atoms with E-state index in [1.807, 2.05) is 59.7 Å². The minimum atomic E-state index is -3.99. The van der Waals surface area contributed by atoms with E-state index in [1.54, 1.807) is 11.9 Å². The number of hydrogen-bond acceptors (Lipinski definition) is 8. The van der Waals surface area contributed by atoms with Crippen molar-refractivity contribution >= 4 is 43.5 Å². The number of para-hydroxylation sites is 1. The van der Waals surface area contributed by atoms with Gasteiger partial charge >= 0.3 is 12.1 Å². The molecule has 0 aromatic heterocycles. The standard InChI is InChI=1S/C37H57FN6O6S2/c1-23(2)28-13-12-14-29(34(28)40-37(46)43-52(49,50)33-16-9-11-20-44(33)7)25(5)17-18-26(6)31-22-27(38)21-30(24(3)4)35(31)41-36(45)42-51(47,48)32-15-8-10-19-39-32/h12-14,21-26,32-33,39H,8-11,15-20H2,1-7H3,(H2,40,43,46)(H2,41,42,45). The van der Waals surface area contributed by atoms with E-state index in [0.29, 0.717) is 61.3 Å². The summed E-state index contributed by atoms with van der Waals surface area (Å²) in [6.45, 7) is 12.9. The molecule has 290 valence electrons. The molecule has 0 bridgehead atoms. The molecule has 15 heteroatoms. The first kappa shape index (κ1) is 41.5. The number of benzene rings is 2. The third-order valence-electron chi connectivity index (χ3n) is 10.3. The van der Waals surface area contributed by atoms with Crippen molar-refractivity contribution in [2.75, 3.05) is 30.8 Å². The zero-order valence-electron chi connectivity index (χ0n) is 31.5. The quantitative estimate of drug-likeness (QED) is 0.143. The second kappa shape index (κ2) is 17.7. The number of halogens is 1. The molecule has 2 saturated heterocycles. The maximum Gasteiger partial charge on any atom is 0.332 e. The number of rotatable bonds is 13. The topological polar surface area (TPSA) is 166 Å². The van der Waals surface area contributed by atoms with Crippen LogP contribution in [-0.2, 0) is 20.0 Å². The van der Waals surface area contributed by atoms with Gasteiger partial charge in [0, 0.05) is 11.4 Å². The third kappa shape index (κ3) is 10.4. The Morgan fingerprint density at radius 3 is 1.88 bits per heavy atom. The van der Waals surface area contributed by atoms with Crippen molar-refractivity contribution in [3.8, 4) is 0 Å². The van der Waals surface area contributed by atoms with Crippen molar-refractivity contribution in [1.29, 1.82) is 0 Å². The zero-order valence-corrected chi connectivity index (χ0v) is 33.1. The van der Waals surface area contributed by atoms with Crippen LogP contribution in [0.3, 0.4) is 0 Å². The summed E-state index contributed by atoms with van der Waals surface area (Å²) in [5.41, 5.74) is 3.74. The number of sulfonamides is 2. The molecule has 2 aliphatic heterocycles. The molecule has 5 N–H and O–H groups in total. The van der Waals surface area contributed by atoms with E-state index >= 15 is 4.39 Å². The monoisotopic (exact) mass is 764 g/mol. The molecule has 12 nitrogen and oxygen atoms in total. The minimum Gasteiger partial charge on any atom is -0.307 e. The van der Waals surface area contributed by atoms with E-state index < -0.39 is 48.7 Å². The van der Waals surface area contributed by atoms with Crippen molar-refractivity contribution in [3.63, 3.8) is 0 Å². The van der Waals surface area contributed by atoms with Crippen molar-refractivity contribution in [2.45, 2.75) is 127 Å². The van der Waals surface area contributed by atoms with Crippen LogP contribution in [0.1, 0.15) is 139 Å². The summed E-state index contributed by atoms with van der Waals surface area (Å²) in [6, 6.07) is 6.78. The minimum absolute atomic E-state index is 0.0293. The van der Waals surface area contributed by atoms with Crippen molar-refractivity contribution in [1.82, 2.24) is 19.7 Å². The Bertz CT molecular complexity index is 1800. The van der Waals surface area contributed by atoms with Gasteiger partial charge in [0.25, 0.3) is 20.0 Å². The van der Waals surface area contributed by atoms with Crippen LogP contribution in [0.5, 0.6) is 0 Å². The van der Waals surface area contributed by atoms with Gasteiger partial charge in [-0.25, -0.2) is 40.3 Å². The van der Waals surface area contributed by atoms with Crippen molar-refractivity contribution in [3.05, 3.63) is 58.4 Å². The highest BCUT2D eigenvalue weighted by atomic mass is 32.2. The van der Waals surface area contributed by atoms with Gasteiger partial charge in [0.1, 0.15) is 16.6 Å². The number of urea groups is 2. The molecule has 0 aliphatic carbocycles. The normalized spacial score (nSPS) is 20.0. The lowest BCUT2D eigenvalue weighted by Gasteiger charge is -2.31. The Labute approximate surface area is 309 Å². The van der Waals surface area contributed by atoms with Gasteiger partial charge in [0.2, 0.25) is 0 Å². The van der Waals surface area contributed by atoms with Gasteiger partial charge in [-0.15, -0.1) is 0 Å². The summed E-state index contributed by atoms with van der Waals surface area (Å²) in [5.74, 6) is -0.966. The third-order valence-corrected chi connectivity index (χ3v) is 13.7. The van der Waals surface area contributed by atoms with Crippen LogP contribution in [0.15, 0.2) is 30.3 Å². The van der Waals surface area contributed by atoms with Gasteiger partial charge in [-0.1, -0.05) is 59.7 Å². The van der Waals surface area contributed by atoms with Crippen LogP contribution in [-0.4, -0.2) is 64.7 Å². The molecule has 2 aromatic carbocycles. The van der Waals surface area contributed by atoms with Gasteiger partial charge in [0.15, 0.2) is 0 Å². The molecule has 4 unspecified atom stereocenters. The highest BCUT2D eigenvalue weighted by Crippen LogP contribution is 2.39. The predicted molar refractivity (Wildman–Crippen MR) is 205 cm³/mol. The summed E-state index contributed by atoms with van der Waals surface area (Å²) in [4.78, 5) is 28.2. The second-order valence-electron chi connectivity index (χ2n) is 15.0. The average molecular weight is 765 g/mol. The van der Waals surface area contributed by atoms with Gasteiger partial charge in [-0.05, 0) is 130 Å². The molecular formula is C37H57FN6O6S2. The number of carbonyl (C=O) groups excluding carboxylic acids is 2. The number of likely N-dealkylation sites (tertiary alicyclic amines) is 1. The number of amides is 4. The van der Waals surface area contributed by atoms with Gasteiger partial charge in [0.05, 0.1) is 0 Å². The molecule has 4 amide bonds. The van der Waals surface area contributed by atoms with Crippen molar-refractivity contribution < 1.29 is 30.8 Å². The second-order valence-corrected chi connectivity index (χ2v) is 18.7. The number of piperidine rings is 2. The molecule has 52 heavy (non-hydrogen) atoms. The van der Waals surface area contributed by atoms with E-state index in [2.05, 4.69) is 25.4 Å². The van der Waals surface area contributed by atoms with Crippen LogP contribution in [0.4, 0.5) is 25.4 Å². The lowest BCUT2D eigenvalue weighted by molar-refractivity contribution is 0.237. The Kier molecular flexibility index (Phi) is 14.1. The molecule has 2 fully saturated rings. The summed E-state index contributed by atoms with van der Waals surface area (Å²) < 4.78 is 71.7.